The molecule has 0 aromatic carbocycles. The summed E-state index contributed by atoms with van der Waals surface area (Å²) in [6.07, 6.45) is -8.50. The predicted molar refractivity (Wildman–Crippen MR) is 72.1 cm³/mol. The van der Waals surface area contributed by atoms with E-state index in [0.717, 1.165) is 12.4 Å². The summed E-state index contributed by atoms with van der Waals surface area (Å²) in [5.74, 6) is -4.15. The number of Topliss-reactive ketones (excluding diaryl/α,β-unsaturated/α-hetero) is 2. The van der Waals surface area contributed by atoms with E-state index in [9.17, 15) is 35.9 Å². The summed E-state index contributed by atoms with van der Waals surface area (Å²) in [4.78, 5) is 21.4. The SMILES string of the molecule is O=C(/C(Br)=C/NCCN/C=C(\Br)C(=O)C(F)(F)F)C(F)(F)F. The Morgan fingerprint density at radius 3 is 1.27 bits per heavy atom. The predicted octanol–water partition coefficient (Wildman–Crippen LogP) is 2.90. The largest absolute Gasteiger partial charge is 0.455 e. The van der Waals surface area contributed by atoms with Crippen molar-refractivity contribution in [3.8, 4) is 0 Å². The van der Waals surface area contributed by atoms with Crippen LogP contribution in [0.15, 0.2) is 21.4 Å². The highest BCUT2D eigenvalue weighted by Crippen LogP contribution is 2.23. The molecule has 0 saturated carbocycles. The molecular formula is C10H8Br2F6N2O2. The molecule has 0 unspecified atom stereocenters. The second-order valence-electron chi connectivity index (χ2n) is 3.55. The Kier molecular flexibility index (Phi) is 8.15. The molecule has 0 saturated heterocycles. The lowest BCUT2D eigenvalue weighted by Gasteiger charge is -2.06. The molecule has 22 heavy (non-hydrogen) atoms. The van der Waals surface area contributed by atoms with Gasteiger partial charge in [-0.15, -0.1) is 0 Å². The van der Waals surface area contributed by atoms with Gasteiger partial charge < -0.3 is 10.6 Å². The lowest BCUT2D eigenvalue weighted by Crippen LogP contribution is -2.26. The minimum atomic E-state index is -5.01. The van der Waals surface area contributed by atoms with Crippen LogP contribution in [0.1, 0.15) is 0 Å². The monoisotopic (exact) mass is 460 g/mol. The van der Waals surface area contributed by atoms with Crippen LogP contribution in [0.4, 0.5) is 26.3 Å². The van der Waals surface area contributed by atoms with Crippen LogP contribution >= 0.6 is 31.9 Å². The Labute approximate surface area is 137 Å². The van der Waals surface area contributed by atoms with Gasteiger partial charge in [-0.1, -0.05) is 0 Å². The molecule has 0 atom stereocenters. The number of carbonyl (C=O) groups excluding carboxylic acids is 2. The van der Waals surface area contributed by atoms with Crippen molar-refractivity contribution >= 4 is 43.4 Å². The number of carbonyl (C=O) groups is 2. The molecule has 0 amide bonds. The molecule has 0 aliphatic heterocycles. The van der Waals surface area contributed by atoms with E-state index >= 15 is 0 Å². The summed E-state index contributed by atoms with van der Waals surface area (Å²) in [5, 5.41) is 4.65. The molecule has 4 nitrogen and oxygen atoms in total. The van der Waals surface area contributed by atoms with Crippen molar-refractivity contribution in [3.63, 3.8) is 0 Å². The average Bonchev–Trinajstić information content (AvgIpc) is 2.38. The Morgan fingerprint density at radius 1 is 0.773 bits per heavy atom. The standard InChI is InChI=1S/C10H8Br2F6N2O2/c11-5(7(21)9(13,14)15)3-19-1-2-20-4-6(12)8(22)10(16,17)18/h3-4,19-20H,1-2H2/b5-3-,6-4-. The Bertz CT molecular complexity index is 441. The molecule has 0 aromatic rings. The lowest BCUT2D eigenvalue weighted by molar-refractivity contribution is -0.165. The fourth-order valence-corrected chi connectivity index (χ4v) is 1.64. The molecule has 0 aromatic heterocycles. The molecule has 0 rings (SSSR count). The van der Waals surface area contributed by atoms with Crippen molar-refractivity contribution in [2.24, 2.45) is 0 Å². The molecular weight excluding hydrogens is 454 g/mol. The maximum Gasteiger partial charge on any atom is 0.455 e. The van der Waals surface area contributed by atoms with Crippen molar-refractivity contribution in [2.45, 2.75) is 12.4 Å². The summed E-state index contributed by atoms with van der Waals surface area (Å²) < 4.78 is 70.5. The first-order valence-electron chi connectivity index (χ1n) is 5.28. The summed E-state index contributed by atoms with van der Waals surface area (Å²) in [7, 11) is 0. The molecule has 12 heteroatoms. The van der Waals surface area contributed by atoms with Gasteiger partial charge in [-0.2, -0.15) is 26.3 Å². The number of ketones is 2. The lowest BCUT2D eigenvalue weighted by atomic mass is 10.3. The number of nitrogens with one attached hydrogen (secondary N) is 2. The van der Waals surface area contributed by atoms with Gasteiger partial charge in [0, 0.05) is 25.5 Å². The van der Waals surface area contributed by atoms with Crippen molar-refractivity contribution in [1.82, 2.24) is 10.6 Å². The zero-order chi connectivity index (χ0) is 17.6. The fourth-order valence-electron chi connectivity index (χ4n) is 0.870. The van der Waals surface area contributed by atoms with Crippen LogP contribution in [0, 0.1) is 0 Å². The third kappa shape index (κ3) is 7.82. The Hall–Kier alpha value is -1.04. The molecule has 0 heterocycles. The van der Waals surface area contributed by atoms with E-state index in [1.165, 1.54) is 0 Å². The maximum atomic E-state index is 12.0. The van der Waals surface area contributed by atoms with Crippen LogP contribution in [-0.2, 0) is 9.59 Å². The van der Waals surface area contributed by atoms with Crippen molar-refractivity contribution < 1.29 is 35.9 Å². The number of hydrogen-bond acceptors (Lipinski definition) is 4. The number of hydrogen-bond donors (Lipinski definition) is 2. The van der Waals surface area contributed by atoms with Gasteiger partial charge in [0.25, 0.3) is 11.6 Å². The van der Waals surface area contributed by atoms with Gasteiger partial charge in [0.2, 0.25) is 0 Å². The fraction of sp³-hybridized carbons (Fsp3) is 0.400. The number of halogens is 8. The molecule has 126 valence electrons. The van der Waals surface area contributed by atoms with E-state index < -0.39 is 32.9 Å². The van der Waals surface area contributed by atoms with Crippen LogP contribution < -0.4 is 10.6 Å². The van der Waals surface area contributed by atoms with Crippen LogP contribution in [-0.4, -0.2) is 37.0 Å². The second-order valence-corrected chi connectivity index (χ2v) is 5.26. The maximum absolute atomic E-state index is 12.0. The van der Waals surface area contributed by atoms with E-state index in [4.69, 9.17) is 0 Å². The number of alkyl halides is 6. The number of rotatable bonds is 7. The normalized spacial score (nSPS) is 13.8. The van der Waals surface area contributed by atoms with Gasteiger partial charge in [0.05, 0.1) is 8.96 Å². The highest BCUT2D eigenvalue weighted by Gasteiger charge is 2.40. The first kappa shape index (κ1) is 21.0. The number of allylic oxidation sites excluding steroid dienone is 2. The van der Waals surface area contributed by atoms with Gasteiger partial charge in [0.1, 0.15) is 0 Å². The third-order valence-corrected chi connectivity index (χ3v) is 3.00. The highest BCUT2D eigenvalue weighted by molar-refractivity contribution is 9.12. The third-order valence-electron chi connectivity index (χ3n) is 1.82. The van der Waals surface area contributed by atoms with Gasteiger partial charge >= 0.3 is 12.4 Å². The first-order valence-corrected chi connectivity index (χ1v) is 6.87. The molecule has 2 N–H and O–H groups in total. The summed E-state index contributed by atoms with van der Waals surface area (Å²) in [5.41, 5.74) is 0. The summed E-state index contributed by atoms with van der Waals surface area (Å²) in [6, 6.07) is 0. The summed E-state index contributed by atoms with van der Waals surface area (Å²) >= 11 is 4.86. The first-order chi connectivity index (χ1) is 9.87. The van der Waals surface area contributed by atoms with Gasteiger partial charge in [0.15, 0.2) is 0 Å². The minimum absolute atomic E-state index is 0.0166. The quantitative estimate of drug-likeness (QED) is 0.348. The average molecular weight is 462 g/mol. The molecule has 0 aliphatic rings. The van der Waals surface area contributed by atoms with Crippen LogP contribution in [0.3, 0.4) is 0 Å². The van der Waals surface area contributed by atoms with E-state index in [1.54, 1.807) is 0 Å². The molecule has 0 fully saturated rings. The van der Waals surface area contributed by atoms with Crippen molar-refractivity contribution in [3.05, 3.63) is 21.4 Å². The zero-order valence-corrected chi connectivity index (χ0v) is 13.6. The van der Waals surface area contributed by atoms with Crippen LogP contribution in [0.25, 0.3) is 0 Å². The minimum Gasteiger partial charge on any atom is -0.388 e. The van der Waals surface area contributed by atoms with Crippen molar-refractivity contribution in [2.75, 3.05) is 13.1 Å². The topological polar surface area (TPSA) is 58.2 Å². The molecule has 0 bridgehead atoms. The van der Waals surface area contributed by atoms with E-state index in [1.807, 2.05) is 0 Å². The van der Waals surface area contributed by atoms with E-state index in [0.29, 0.717) is 0 Å². The highest BCUT2D eigenvalue weighted by atomic mass is 79.9. The molecule has 0 radical (unpaired) electrons. The van der Waals surface area contributed by atoms with Gasteiger partial charge in [-0.3, -0.25) is 9.59 Å². The van der Waals surface area contributed by atoms with E-state index in [2.05, 4.69) is 42.5 Å². The molecule has 0 aliphatic carbocycles. The van der Waals surface area contributed by atoms with Crippen LogP contribution in [0.2, 0.25) is 0 Å². The van der Waals surface area contributed by atoms with Gasteiger partial charge in [-0.25, -0.2) is 0 Å². The van der Waals surface area contributed by atoms with E-state index in [-0.39, 0.29) is 13.1 Å². The smallest absolute Gasteiger partial charge is 0.388 e. The Balaban J connectivity index is 4.20. The van der Waals surface area contributed by atoms with Crippen LogP contribution in [0.5, 0.6) is 0 Å². The Morgan fingerprint density at radius 2 is 1.05 bits per heavy atom. The summed E-state index contributed by atoms with van der Waals surface area (Å²) in [6.45, 7) is -0.0333. The second kappa shape index (κ2) is 8.56. The van der Waals surface area contributed by atoms with Gasteiger partial charge in [-0.05, 0) is 31.9 Å². The molecule has 0 spiro atoms. The van der Waals surface area contributed by atoms with Crippen molar-refractivity contribution in [1.29, 1.82) is 0 Å². The zero-order valence-electron chi connectivity index (χ0n) is 10.4.